The zero-order valence-electron chi connectivity index (χ0n) is 15.1. The van der Waals surface area contributed by atoms with Crippen molar-refractivity contribution in [2.75, 3.05) is 13.1 Å². The highest BCUT2D eigenvalue weighted by Gasteiger charge is 2.26. The molecule has 0 N–H and O–H groups in total. The third kappa shape index (κ3) is 2.49. The van der Waals surface area contributed by atoms with Gasteiger partial charge in [-0.25, -0.2) is 4.98 Å². The molecule has 0 unspecified atom stereocenters. The molecule has 0 aromatic carbocycles. The lowest BCUT2D eigenvalue weighted by Crippen LogP contribution is -2.34. The lowest BCUT2D eigenvalue weighted by Gasteiger charge is -2.19. The maximum atomic E-state index is 13.2. The summed E-state index contributed by atoms with van der Waals surface area (Å²) < 4.78 is 3.05. The van der Waals surface area contributed by atoms with Gasteiger partial charge in [0.25, 0.3) is 11.5 Å². The van der Waals surface area contributed by atoms with Crippen LogP contribution in [-0.4, -0.2) is 48.3 Å². The monoisotopic (exact) mass is 352 g/mol. The number of aryl methyl sites for hydroxylation is 2. The van der Waals surface area contributed by atoms with Crippen molar-refractivity contribution < 1.29 is 4.79 Å². The number of carbonyl (C=O) groups is 1. The molecule has 134 valence electrons. The molecule has 26 heavy (non-hydrogen) atoms. The second-order valence-electron chi connectivity index (χ2n) is 6.60. The first-order valence-electron chi connectivity index (χ1n) is 8.62. The molecule has 1 amide bonds. The van der Waals surface area contributed by atoms with Gasteiger partial charge in [0.2, 0.25) is 0 Å². The Morgan fingerprint density at radius 1 is 1.19 bits per heavy atom. The Hall–Kier alpha value is -3.03. The van der Waals surface area contributed by atoms with Crippen LogP contribution < -0.4 is 5.56 Å². The molecule has 4 rings (SSSR count). The maximum Gasteiger partial charge on any atom is 0.258 e. The number of aromatic nitrogens is 5. The van der Waals surface area contributed by atoms with Gasteiger partial charge in [0, 0.05) is 38.3 Å². The number of nitrogens with zero attached hydrogens (tertiary/aromatic N) is 6. The van der Waals surface area contributed by atoms with E-state index in [9.17, 15) is 9.59 Å². The number of rotatable bonds is 1. The lowest BCUT2D eigenvalue weighted by molar-refractivity contribution is 0.0764. The van der Waals surface area contributed by atoms with E-state index in [0.717, 1.165) is 5.69 Å². The number of carbonyl (C=O) groups excluding carboxylic acids is 1. The number of hydrogen-bond donors (Lipinski definition) is 0. The van der Waals surface area contributed by atoms with Crippen LogP contribution in [0.3, 0.4) is 0 Å². The van der Waals surface area contributed by atoms with Gasteiger partial charge in [-0.3, -0.25) is 14.2 Å². The zero-order chi connectivity index (χ0) is 18.4. The van der Waals surface area contributed by atoms with E-state index in [2.05, 4.69) is 15.2 Å². The van der Waals surface area contributed by atoms with E-state index in [1.165, 1.54) is 4.63 Å². The Bertz CT molecular complexity index is 1080. The molecule has 8 nitrogen and oxygen atoms in total. The fourth-order valence-electron chi connectivity index (χ4n) is 3.50. The normalized spacial score (nSPS) is 14.3. The summed E-state index contributed by atoms with van der Waals surface area (Å²) in [7, 11) is 1.73. The number of amides is 1. The van der Waals surface area contributed by atoms with Crippen molar-refractivity contribution in [1.82, 2.24) is 29.3 Å². The molecule has 0 fully saturated rings. The molecule has 1 aliphatic heterocycles. The molecule has 0 aliphatic carbocycles. The van der Waals surface area contributed by atoms with Gasteiger partial charge in [0.15, 0.2) is 0 Å². The van der Waals surface area contributed by atoms with Crippen molar-refractivity contribution in [3.8, 4) is 0 Å². The zero-order valence-corrected chi connectivity index (χ0v) is 15.1. The molecule has 0 radical (unpaired) electrons. The lowest BCUT2D eigenvalue weighted by atomic mass is 10.1. The highest BCUT2D eigenvalue weighted by Crippen LogP contribution is 2.19. The third-order valence-corrected chi connectivity index (χ3v) is 5.04. The minimum Gasteiger partial charge on any atom is -0.338 e. The van der Waals surface area contributed by atoms with E-state index < -0.39 is 0 Å². The smallest absolute Gasteiger partial charge is 0.258 e. The predicted molar refractivity (Wildman–Crippen MR) is 95.3 cm³/mol. The van der Waals surface area contributed by atoms with Crippen LogP contribution in [0.2, 0.25) is 0 Å². The van der Waals surface area contributed by atoms with Gasteiger partial charge in [0.1, 0.15) is 11.3 Å². The Morgan fingerprint density at radius 3 is 2.77 bits per heavy atom. The van der Waals surface area contributed by atoms with E-state index in [1.807, 2.05) is 19.9 Å². The SMILES string of the molecule is Cc1nn2ncccc2c1C(=O)N1CCc2nc(C)n(C)c(=O)c2CC1. The summed E-state index contributed by atoms with van der Waals surface area (Å²) in [6.07, 6.45) is 2.73. The minimum atomic E-state index is -0.0770. The van der Waals surface area contributed by atoms with Crippen molar-refractivity contribution in [1.29, 1.82) is 0 Å². The van der Waals surface area contributed by atoms with Gasteiger partial charge in [0.05, 0.1) is 17.0 Å². The average Bonchev–Trinajstić information content (AvgIpc) is 2.81. The minimum absolute atomic E-state index is 0.0156. The fourth-order valence-corrected chi connectivity index (χ4v) is 3.50. The van der Waals surface area contributed by atoms with Gasteiger partial charge in [-0.05, 0) is 32.4 Å². The van der Waals surface area contributed by atoms with Gasteiger partial charge in [-0.2, -0.15) is 14.8 Å². The Balaban J connectivity index is 1.68. The third-order valence-electron chi connectivity index (χ3n) is 5.04. The van der Waals surface area contributed by atoms with Crippen molar-refractivity contribution in [3.05, 3.63) is 57.0 Å². The van der Waals surface area contributed by atoms with Gasteiger partial charge in [-0.1, -0.05) is 0 Å². The van der Waals surface area contributed by atoms with Gasteiger partial charge >= 0.3 is 0 Å². The molecular formula is C18H20N6O2. The van der Waals surface area contributed by atoms with Gasteiger partial charge < -0.3 is 4.90 Å². The summed E-state index contributed by atoms with van der Waals surface area (Å²) >= 11 is 0. The maximum absolute atomic E-state index is 13.2. The topological polar surface area (TPSA) is 85.4 Å². The Kier molecular flexibility index (Phi) is 3.82. The highest BCUT2D eigenvalue weighted by atomic mass is 16.2. The first-order valence-corrected chi connectivity index (χ1v) is 8.62. The first kappa shape index (κ1) is 16.4. The molecule has 3 aromatic heterocycles. The second kappa shape index (κ2) is 6.05. The van der Waals surface area contributed by atoms with E-state index in [1.54, 1.807) is 28.8 Å². The quantitative estimate of drug-likeness (QED) is 0.643. The van der Waals surface area contributed by atoms with Crippen molar-refractivity contribution >= 4 is 11.4 Å². The van der Waals surface area contributed by atoms with Crippen LogP contribution in [0, 0.1) is 13.8 Å². The van der Waals surface area contributed by atoms with Crippen molar-refractivity contribution in [3.63, 3.8) is 0 Å². The molecule has 1 aliphatic rings. The second-order valence-corrected chi connectivity index (χ2v) is 6.60. The molecular weight excluding hydrogens is 332 g/mol. The van der Waals surface area contributed by atoms with E-state index in [0.29, 0.717) is 54.1 Å². The summed E-state index contributed by atoms with van der Waals surface area (Å²) in [5, 5.41) is 8.47. The Labute approximate surface area is 150 Å². The molecule has 4 heterocycles. The van der Waals surface area contributed by atoms with Crippen LogP contribution in [0.1, 0.15) is 33.1 Å². The molecule has 0 spiro atoms. The average molecular weight is 352 g/mol. The predicted octanol–water partition coefficient (Wildman–Crippen LogP) is 0.681. The largest absolute Gasteiger partial charge is 0.338 e. The van der Waals surface area contributed by atoms with Crippen LogP contribution in [0.5, 0.6) is 0 Å². The standard InChI is InChI=1S/C18H20N6O2/c1-11-16(15-5-4-8-19-24(15)21-11)18(26)23-9-6-13-14(7-10-23)20-12(2)22(3)17(13)25/h4-5,8H,6-7,9-10H2,1-3H3. The van der Waals surface area contributed by atoms with Crippen molar-refractivity contribution in [2.24, 2.45) is 7.05 Å². The summed E-state index contributed by atoms with van der Waals surface area (Å²) in [5.74, 6) is 0.616. The van der Waals surface area contributed by atoms with Crippen LogP contribution in [0.4, 0.5) is 0 Å². The number of hydrogen-bond acceptors (Lipinski definition) is 5. The number of fused-ring (bicyclic) bond motifs is 2. The van der Waals surface area contributed by atoms with Gasteiger partial charge in [-0.15, -0.1) is 0 Å². The van der Waals surface area contributed by atoms with E-state index in [4.69, 9.17) is 0 Å². The highest BCUT2D eigenvalue weighted by molar-refractivity contribution is 6.01. The fraction of sp³-hybridized carbons (Fsp3) is 0.389. The van der Waals surface area contributed by atoms with Crippen LogP contribution >= 0.6 is 0 Å². The summed E-state index contributed by atoms with van der Waals surface area (Å²) in [4.78, 5) is 32.0. The molecule has 0 atom stereocenters. The van der Waals surface area contributed by atoms with Crippen molar-refractivity contribution in [2.45, 2.75) is 26.7 Å². The molecule has 8 heteroatoms. The summed E-state index contributed by atoms with van der Waals surface area (Å²) in [6, 6.07) is 3.63. The summed E-state index contributed by atoms with van der Waals surface area (Å²) in [5.41, 5.74) is 3.42. The molecule has 0 saturated heterocycles. The van der Waals surface area contributed by atoms with E-state index >= 15 is 0 Å². The van der Waals surface area contributed by atoms with E-state index in [-0.39, 0.29) is 11.5 Å². The Morgan fingerprint density at radius 2 is 1.96 bits per heavy atom. The van der Waals surface area contributed by atoms with Crippen LogP contribution in [0.15, 0.2) is 23.1 Å². The molecule has 3 aromatic rings. The van der Waals surface area contributed by atoms with Crippen LogP contribution in [-0.2, 0) is 19.9 Å². The molecule has 0 saturated carbocycles. The summed E-state index contributed by atoms with van der Waals surface area (Å²) in [6.45, 7) is 4.66. The van der Waals surface area contributed by atoms with Crippen LogP contribution in [0.25, 0.3) is 5.52 Å². The molecule has 0 bridgehead atoms. The first-order chi connectivity index (χ1) is 12.5.